The molecule has 3 nitrogen and oxygen atoms in total. The Kier molecular flexibility index (Phi) is 5.22. The highest BCUT2D eigenvalue weighted by Gasteiger charge is 2.25. The Morgan fingerprint density at radius 1 is 1.40 bits per heavy atom. The van der Waals surface area contributed by atoms with E-state index in [-0.39, 0.29) is 11.3 Å². The zero-order valence-electron chi connectivity index (χ0n) is 12.8. The number of nitrogens with zero attached hydrogens (tertiary/aromatic N) is 1. The van der Waals surface area contributed by atoms with Gasteiger partial charge in [0, 0.05) is 13.0 Å². The smallest absolute Gasteiger partial charge is 0.220 e. The van der Waals surface area contributed by atoms with Crippen LogP contribution in [0.25, 0.3) is 0 Å². The standard InChI is InChI=1S/C16H26N2OS/c1-16(2,3)10-15(19)17-11-14(13-6-9-20-12-13)18-7-4-5-8-18/h6,9,12,14H,4-5,7-8,10-11H2,1-3H3,(H,17,19). The third kappa shape index (κ3) is 4.60. The van der Waals surface area contributed by atoms with E-state index < -0.39 is 0 Å². The average molecular weight is 294 g/mol. The van der Waals surface area contributed by atoms with Crippen LogP contribution in [0.1, 0.15) is 51.6 Å². The van der Waals surface area contributed by atoms with Crippen LogP contribution in [0.2, 0.25) is 0 Å². The van der Waals surface area contributed by atoms with Gasteiger partial charge in [0.15, 0.2) is 0 Å². The molecule has 1 amide bonds. The maximum absolute atomic E-state index is 12.0. The second-order valence-electron chi connectivity index (χ2n) is 6.86. The van der Waals surface area contributed by atoms with E-state index in [0.717, 1.165) is 19.6 Å². The van der Waals surface area contributed by atoms with Crippen molar-refractivity contribution in [1.82, 2.24) is 10.2 Å². The van der Waals surface area contributed by atoms with Crippen molar-refractivity contribution >= 4 is 17.2 Å². The van der Waals surface area contributed by atoms with Gasteiger partial charge in [-0.1, -0.05) is 20.8 Å². The number of carbonyl (C=O) groups excluding carboxylic acids is 1. The third-order valence-corrected chi connectivity index (χ3v) is 4.39. The van der Waals surface area contributed by atoms with Crippen LogP contribution in [0, 0.1) is 5.41 Å². The molecule has 20 heavy (non-hydrogen) atoms. The van der Waals surface area contributed by atoms with Crippen LogP contribution < -0.4 is 5.32 Å². The van der Waals surface area contributed by atoms with Crippen LogP contribution in [0.3, 0.4) is 0 Å². The average Bonchev–Trinajstić information content (AvgIpc) is 2.98. The zero-order valence-corrected chi connectivity index (χ0v) is 13.6. The van der Waals surface area contributed by atoms with E-state index in [2.05, 4.69) is 47.8 Å². The van der Waals surface area contributed by atoms with Crippen molar-refractivity contribution in [3.63, 3.8) is 0 Å². The molecular formula is C16H26N2OS. The molecule has 0 bridgehead atoms. The number of amides is 1. The molecule has 1 N–H and O–H groups in total. The lowest BCUT2D eigenvalue weighted by Crippen LogP contribution is -2.37. The van der Waals surface area contributed by atoms with Gasteiger partial charge in [-0.05, 0) is 53.7 Å². The number of thiophene rings is 1. The molecule has 4 heteroatoms. The van der Waals surface area contributed by atoms with Crippen molar-refractivity contribution in [3.8, 4) is 0 Å². The lowest BCUT2D eigenvalue weighted by atomic mass is 9.92. The first kappa shape index (κ1) is 15.5. The second kappa shape index (κ2) is 6.72. The summed E-state index contributed by atoms with van der Waals surface area (Å²) >= 11 is 1.73. The van der Waals surface area contributed by atoms with E-state index in [1.165, 1.54) is 18.4 Å². The van der Waals surface area contributed by atoms with Crippen LogP contribution in [0.15, 0.2) is 16.8 Å². The number of hydrogen-bond donors (Lipinski definition) is 1. The fourth-order valence-corrected chi connectivity index (χ4v) is 3.44. The fraction of sp³-hybridized carbons (Fsp3) is 0.688. The van der Waals surface area contributed by atoms with Gasteiger partial charge in [0.25, 0.3) is 0 Å². The molecule has 1 aliphatic rings. The van der Waals surface area contributed by atoms with Gasteiger partial charge in [0.05, 0.1) is 6.04 Å². The predicted octanol–water partition coefficient (Wildman–Crippen LogP) is 3.44. The molecule has 0 aromatic carbocycles. The normalized spacial score (nSPS) is 18.1. The predicted molar refractivity (Wildman–Crippen MR) is 84.9 cm³/mol. The fourth-order valence-electron chi connectivity index (χ4n) is 2.73. The number of carbonyl (C=O) groups is 1. The summed E-state index contributed by atoms with van der Waals surface area (Å²) in [4.78, 5) is 14.5. The molecule has 1 aliphatic heterocycles. The van der Waals surface area contributed by atoms with Crippen molar-refractivity contribution in [3.05, 3.63) is 22.4 Å². The second-order valence-corrected chi connectivity index (χ2v) is 7.64. The highest BCUT2D eigenvalue weighted by Crippen LogP contribution is 2.26. The number of nitrogens with one attached hydrogen (secondary N) is 1. The van der Waals surface area contributed by atoms with Crippen LogP contribution in [-0.4, -0.2) is 30.4 Å². The minimum Gasteiger partial charge on any atom is -0.354 e. The maximum atomic E-state index is 12.0. The summed E-state index contributed by atoms with van der Waals surface area (Å²) in [6.45, 7) is 9.33. The molecule has 1 unspecified atom stereocenters. The van der Waals surface area contributed by atoms with E-state index in [4.69, 9.17) is 0 Å². The minimum absolute atomic E-state index is 0.0512. The first-order valence-corrected chi connectivity index (χ1v) is 8.43. The summed E-state index contributed by atoms with van der Waals surface area (Å²) in [5.74, 6) is 0.164. The topological polar surface area (TPSA) is 32.3 Å². The molecule has 112 valence electrons. The van der Waals surface area contributed by atoms with Gasteiger partial charge in [-0.25, -0.2) is 0 Å². The molecule has 1 aromatic rings. The van der Waals surface area contributed by atoms with Crippen molar-refractivity contribution < 1.29 is 4.79 Å². The van der Waals surface area contributed by atoms with E-state index in [1.807, 2.05) is 0 Å². The first-order valence-electron chi connectivity index (χ1n) is 7.48. The van der Waals surface area contributed by atoms with Crippen molar-refractivity contribution in [2.75, 3.05) is 19.6 Å². The van der Waals surface area contributed by atoms with Crippen molar-refractivity contribution in [1.29, 1.82) is 0 Å². The van der Waals surface area contributed by atoms with E-state index in [9.17, 15) is 4.79 Å². The largest absolute Gasteiger partial charge is 0.354 e. The van der Waals surface area contributed by atoms with E-state index in [0.29, 0.717) is 12.5 Å². The summed E-state index contributed by atoms with van der Waals surface area (Å²) in [5.41, 5.74) is 1.39. The molecule has 0 radical (unpaired) electrons. The monoisotopic (exact) mass is 294 g/mol. The van der Waals surface area contributed by atoms with Gasteiger partial charge in [-0.15, -0.1) is 0 Å². The van der Waals surface area contributed by atoms with Crippen molar-refractivity contribution in [2.24, 2.45) is 5.41 Å². The number of hydrogen-bond acceptors (Lipinski definition) is 3. The quantitative estimate of drug-likeness (QED) is 0.902. The van der Waals surface area contributed by atoms with E-state index in [1.54, 1.807) is 11.3 Å². The summed E-state index contributed by atoms with van der Waals surface area (Å²) < 4.78 is 0. The van der Waals surface area contributed by atoms with Crippen LogP contribution in [0.4, 0.5) is 0 Å². The SMILES string of the molecule is CC(C)(C)CC(=O)NCC(c1ccsc1)N1CCCC1. The van der Waals surface area contributed by atoms with E-state index >= 15 is 0 Å². The number of likely N-dealkylation sites (tertiary alicyclic amines) is 1. The Balaban J connectivity index is 1.93. The highest BCUT2D eigenvalue weighted by molar-refractivity contribution is 7.07. The Labute approximate surface area is 126 Å². The van der Waals surface area contributed by atoms with Gasteiger partial charge < -0.3 is 5.32 Å². The first-order chi connectivity index (χ1) is 9.46. The Morgan fingerprint density at radius 3 is 2.65 bits per heavy atom. The lowest BCUT2D eigenvalue weighted by molar-refractivity contribution is -0.123. The van der Waals surface area contributed by atoms with Gasteiger partial charge in [-0.2, -0.15) is 11.3 Å². The highest BCUT2D eigenvalue weighted by atomic mass is 32.1. The molecular weight excluding hydrogens is 268 g/mol. The van der Waals surface area contributed by atoms with Gasteiger partial charge in [0.1, 0.15) is 0 Å². The Hall–Kier alpha value is -0.870. The Bertz CT molecular complexity index is 416. The zero-order chi connectivity index (χ0) is 14.6. The van der Waals surface area contributed by atoms with Gasteiger partial charge >= 0.3 is 0 Å². The molecule has 1 atom stereocenters. The van der Waals surface area contributed by atoms with Gasteiger partial charge in [-0.3, -0.25) is 9.69 Å². The number of rotatable bonds is 5. The minimum atomic E-state index is 0.0512. The van der Waals surface area contributed by atoms with Crippen molar-refractivity contribution in [2.45, 2.75) is 46.1 Å². The molecule has 1 saturated heterocycles. The molecule has 1 aromatic heterocycles. The lowest BCUT2D eigenvalue weighted by Gasteiger charge is -2.28. The summed E-state index contributed by atoms with van der Waals surface area (Å²) in [5, 5.41) is 7.46. The van der Waals surface area contributed by atoms with Crippen LogP contribution >= 0.6 is 11.3 Å². The maximum Gasteiger partial charge on any atom is 0.220 e. The molecule has 0 spiro atoms. The van der Waals surface area contributed by atoms with Gasteiger partial charge in [0.2, 0.25) is 5.91 Å². The molecule has 0 aliphatic carbocycles. The molecule has 2 rings (SSSR count). The third-order valence-electron chi connectivity index (χ3n) is 3.69. The molecule has 2 heterocycles. The molecule has 0 saturated carbocycles. The Morgan fingerprint density at radius 2 is 2.10 bits per heavy atom. The van der Waals surface area contributed by atoms with Crippen LogP contribution in [0.5, 0.6) is 0 Å². The summed E-state index contributed by atoms with van der Waals surface area (Å²) in [7, 11) is 0. The summed E-state index contributed by atoms with van der Waals surface area (Å²) in [6.07, 6.45) is 3.14. The van der Waals surface area contributed by atoms with Crippen LogP contribution in [-0.2, 0) is 4.79 Å². The molecule has 1 fully saturated rings. The summed E-state index contributed by atoms with van der Waals surface area (Å²) in [6, 6.07) is 2.52.